The molecule has 0 spiro atoms. The Hall–Kier alpha value is -1.07. The lowest BCUT2D eigenvalue weighted by molar-refractivity contribution is -0.0585. The molecule has 1 aliphatic heterocycles. The van der Waals surface area contributed by atoms with Crippen molar-refractivity contribution in [1.82, 2.24) is 4.90 Å². The van der Waals surface area contributed by atoms with Crippen LogP contribution in [0.1, 0.15) is 0 Å². The average molecular weight is 164 g/mol. The van der Waals surface area contributed by atoms with Crippen molar-refractivity contribution in [2.24, 2.45) is 4.99 Å². The fourth-order valence-electron chi connectivity index (χ4n) is 0.529. The molecule has 0 unspecified atom stereocenters. The lowest BCUT2D eigenvalue weighted by atomic mass is 10.4. The average Bonchev–Trinajstić information content (AvgIpc) is 2.11. The zero-order chi connectivity index (χ0) is 8.65. The molecule has 0 aromatic heterocycles. The fraction of sp³-hybridized carbons (Fsp3) is 0.400. The summed E-state index contributed by atoms with van der Waals surface area (Å²) in [5.41, 5.74) is -1.27. The van der Waals surface area contributed by atoms with Crippen molar-refractivity contribution in [3.05, 3.63) is 6.54 Å². The molecule has 3 nitrogen and oxygen atoms in total. The van der Waals surface area contributed by atoms with Gasteiger partial charge >= 0.3 is 12.2 Å². The molecule has 0 atom stereocenters. The summed E-state index contributed by atoms with van der Waals surface area (Å²) in [6.07, 6.45) is -4.58. The second-order valence-electron chi connectivity index (χ2n) is 1.91. The number of hydrogen-bond donors (Lipinski definition) is 0. The van der Waals surface area contributed by atoms with Gasteiger partial charge in [-0.25, -0.2) is 4.79 Å². The molecule has 6 heteroatoms. The highest BCUT2D eigenvalue weighted by atomic mass is 19.4. The Balaban J connectivity index is 2.80. The van der Waals surface area contributed by atoms with Crippen LogP contribution in [0.25, 0.3) is 0 Å². The zero-order valence-electron chi connectivity index (χ0n) is 5.44. The van der Waals surface area contributed by atoms with Gasteiger partial charge in [-0.2, -0.15) is 18.2 Å². The minimum atomic E-state index is -4.58. The number of aliphatic imine (C=N–C) groups is 1. The van der Waals surface area contributed by atoms with E-state index in [1.54, 1.807) is 6.54 Å². The Morgan fingerprint density at radius 3 is 2.27 bits per heavy atom. The third kappa shape index (κ3) is 1.50. The van der Waals surface area contributed by atoms with Crippen LogP contribution in [0.3, 0.4) is 0 Å². The van der Waals surface area contributed by atoms with Gasteiger partial charge in [-0.1, -0.05) is 0 Å². The Bertz CT molecular complexity index is 220. The molecule has 0 aromatic carbocycles. The summed E-state index contributed by atoms with van der Waals surface area (Å²) in [5.74, 6) is 0. The lowest BCUT2D eigenvalue weighted by Gasteiger charge is -2.05. The van der Waals surface area contributed by atoms with Crippen LogP contribution in [-0.2, 0) is 0 Å². The zero-order valence-corrected chi connectivity index (χ0v) is 5.44. The highest BCUT2D eigenvalue weighted by Crippen LogP contribution is 2.23. The number of urea groups is 1. The summed E-state index contributed by atoms with van der Waals surface area (Å²) in [6, 6.07) is -0.947. The van der Waals surface area contributed by atoms with Crippen LogP contribution in [0.4, 0.5) is 18.0 Å². The summed E-state index contributed by atoms with van der Waals surface area (Å²) >= 11 is 0. The van der Waals surface area contributed by atoms with Crippen molar-refractivity contribution in [3.8, 4) is 0 Å². The van der Waals surface area contributed by atoms with Gasteiger partial charge < -0.3 is 4.90 Å². The van der Waals surface area contributed by atoms with E-state index in [-0.39, 0.29) is 0 Å². The topological polar surface area (TPSA) is 32.7 Å². The van der Waals surface area contributed by atoms with Gasteiger partial charge in [0.1, 0.15) is 0 Å². The molecule has 0 N–H and O–H groups in total. The Morgan fingerprint density at radius 2 is 2.09 bits per heavy atom. The minimum Gasteiger partial charge on any atom is -0.309 e. The van der Waals surface area contributed by atoms with E-state index in [1.165, 1.54) is 0 Å². The number of carbonyl (C=O) groups excluding carboxylic acids is 1. The van der Waals surface area contributed by atoms with Gasteiger partial charge in [-0.15, -0.1) is 0 Å². The Kier molecular flexibility index (Phi) is 1.62. The van der Waals surface area contributed by atoms with E-state index in [0.29, 0.717) is 4.90 Å². The normalized spacial score (nSPS) is 19.1. The van der Waals surface area contributed by atoms with Crippen LogP contribution in [-0.4, -0.2) is 29.9 Å². The first-order valence-electron chi connectivity index (χ1n) is 2.61. The van der Waals surface area contributed by atoms with Crippen molar-refractivity contribution in [2.45, 2.75) is 6.18 Å². The first kappa shape index (κ1) is 8.03. The largest absolute Gasteiger partial charge is 0.432 e. The van der Waals surface area contributed by atoms with Crippen LogP contribution in [0.2, 0.25) is 0 Å². The molecule has 0 saturated heterocycles. The predicted octanol–water partition coefficient (Wildman–Crippen LogP) is 1.09. The molecule has 0 aromatic rings. The minimum absolute atomic E-state index is 0.656. The molecule has 1 rings (SSSR count). The van der Waals surface area contributed by atoms with Crippen molar-refractivity contribution >= 4 is 11.7 Å². The molecule has 0 saturated carbocycles. The molecular weight excluding hydrogens is 161 g/mol. The van der Waals surface area contributed by atoms with E-state index >= 15 is 0 Å². The summed E-state index contributed by atoms with van der Waals surface area (Å²) < 4.78 is 35.2. The van der Waals surface area contributed by atoms with Gasteiger partial charge in [0.25, 0.3) is 0 Å². The third-order valence-electron chi connectivity index (χ3n) is 1.04. The molecule has 0 aliphatic carbocycles. The number of nitrogens with zero attached hydrogens (tertiary/aromatic N) is 2. The predicted molar refractivity (Wildman–Crippen MR) is 29.9 cm³/mol. The van der Waals surface area contributed by atoms with E-state index in [4.69, 9.17) is 0 Å². The molecule has 0 bridgehead atoms. The third-order valence-corrected chi connectivity index (χ3v) is 1.04. The number of rotatable bonds is 0. The maximum absolute atomic E-state index is 11.7. The van der Waals surface area contributed by atoms with Crippen LogP contribution in [0.15, 0.2) is 4.99 Å². The highest BCUT2D eigenvalue weighted by Gasteiger charge is 2.41. The number of hydrogen-bond acceptors (Lipinski definition) is 1. The standard InChI is InChI=1S/C5H3F3N2O/c1-10-2-3(5(6,7)8)9-4(10)11/h1H3. The van der Waals surface area contributed by atoms with E-state index in [1.807, 2.05) is 0 Å². The quantitative estimate of drug-likeness (QED) is 0.527. The van der Waals surface area contributed by atoms with Crippen LogP contribution >= 0.6 is 0 Å². The van der Waals surface area contributed by atoms with Crippen LogP contribution < -0.4 is 0 Å². The summed E-state index contributed by atoms with van der Waals surface area (Å²) in [6.45, 7) is 1.75. The van der Waals surface area contributed by atoms with Crippen LogP contribution in [0.5, 0.6) is 0 Å². The number of halogens is 3. The Morgan fingerprint density at radius 1 is 1.55 bits per heavy atom. The van der Waals surface area contributed by atoms with Crippen molar-refractivity contribution in [2.75, 3.05) is 7.05 Å². The SMILES string of the molecule is CN1[C]C(C(F)(F)F)=NC1=O. The molecule has 1 heterocycles. The molecule has 60 valence electrons. The number of alkyl halides is 3. The Labute approximate surface area is 60.5 Å². The monoisotopic (exact) mass is 164 g/mol. The van der Waals surface area contributed by atoms with E-state index in [0.717, 1.165) is 7.05 Å². The maximum atomic E-state index is 11.7. The van der Waals surface area contributed by atoms with E-state index in [2.05, 4.69) is 4.99 Å². The van der Waals surface area contributed by atoms with Crippen molar-refractivity contribution < 1.29 is 18.0 Å². The van der Waals surface area contributed by atoms with Crippen molar-refractivity contribution in [3.63, 3.8) is 0 Å². The summed E-state index contributed by atoms with van der Waals surface area (Å²) in [4.78, 5) is 13.8. The molecule has 1 aliphatic rings. The molecular formula is C5H3F3N2O. The van der Waals surface area contributed by atoms with Gasteiger partial charge in [0.05, 0.1) is 0 Å². The summed E-state index contributed by atoms with van der Waals surface area (Å²) in [5, 5.41) is 0. The van der Waals surface area contributed by atoms with Gasteiger partial charge in [0.15, 0.2) is 12.3 Å². The van der Waals surface area contributed by atoms with E-state index in [9.17, 15) is 18.0 Å². The fourth-order valence-corrected chi connectivity index (χ4v) is 0.529. The van der Waals surface area contributed by atoms with Gasteiger partial charge in [0, 0.05) is 7.05 Å². The van der Waals surface area contributed by atoms with Gasteiger partial charge in [-0.3, -0.25) is 0 Å². The van der Waals surface area contributed by atoms with E-state index < -0.39 is 17.9 Å². The molecule has 0 fully saturated rings. The molecule has 11 heavy (non-hydrogen) atoms. The van der Waals surface area contributed by atoms with Crippen molar-refractivity contribution in [1.29, 1.82) is 0 Å². The first-order chi connectivity index (χ1) is 4.91. The lowest BCUT2D eigenvalue weighted by Crippen LogP contribution is -2.24. The molecule has 2 amide bonds. The smallest absolute Gasteiger partial charge is 0.309 e. The highest BCUT2D eigenvalue weighted by molar-refractivity contribution is 6.09. The molecule has 2 radical (unpaired) electrons. The second kappa shape index (κ2) is 2.21. The second-order valence-corrected chi connectivity index (χ2v) is 1.91. The summed E-state index contributed by atoms with van der Waals surface area (Å²) in [7, 11) is 1.16. The first-order valence-corrected chi connectivity index (χ1v) is 2.61. The van der Waals surface area contributed by atoms with Gasteiger partial charge in [-0.05, 0) is 0 Å². The van der Waals surface area contributed by atoms with Gasteiger partial charge in [0.2, 0.25) is 0 Å². The number of carbonyl (C=O) groups is 1. The number of amides is 2. The maximum Gasteiger partial charge on any atom is 0.432 e. The van der Waals surface area contributed by atoms with Crippen LogP contribution in [0, 0.1) is 6.54 Å².